The van der Waals surface area contributed by atoms with Crippen molar-refractivity contribution in [1.82, 2.24) is 25.1 Å². The first-order chi connectivity index (χ1) is 13.5. The second-order valence-electron chi connectivity index (χ2n) is 6.79. The zero-order chi connectivity index (χ0) is 19.7. The van der Waals surface area contributed by atoms with Crippen LogP contribution in [0.4, 0.5) is 4.39 Å². The number of hydrogen-bond acceptors (Lipinski definition) is 5. The van der Waals surface area contributed by atoms with Crippen LogP contribution in [-0.2, 0) is 0 Å². The van der Waals surface area contributed by atoms with Crippen LogP contribution in [0, 0.1) is 17.1 Å². The second-order valence-corrected chi connectivity index (χ2v) is 7.20. The van der Waals surface area contributed by atoms with Crippen molar-refractivity contribution in [2.75, 3.05) is 0 Å². The molecule has 0 saturated heterocycles. The van der Waals surface area contributed by atoms with Crippen LogP contribution in [0.25, 0.3) is 5.82 Å². The molecule has 0 bridgehead atoms. The minimum absolute atomic E-state index is 0.277. The molecular formula is C20H17FN6S. The van der Waals surface area contributed by atoms with E-state index in [0.29, 0.717) is 33.7 Å². The van der Waals surface area contributed by atoms with E-state index in [1.165, 1.54) is 18.6 Å². The third kappa shape index (κ3) is 3.75. The number of thiocarbonyl (C=S) groups is 1. The van der Waals surface area contributed by atoms with Gasteiger partial charge in [-0.25, -0.2) is 14.4 Å². The normalized spacial score (nSPS) is 14.3. The topological polar surface area (TPSA) is 79.4 Å². The molecule has 0 radical (unpaired) electrons. The van der Waals surface area contributed by atoms with Crippen LogP contribution in [0.15, 0.2) is 42.9 Å². The first kappa shape index (κ1) is 18.2. The van der Waals surface area contributed by atoms with Crippen LogP contribution in [-0.4, -0.2) is 24.7 Å². The summed E-state index contributed by atoms with van der Waals surface area (Å²) in [5.74, 6) is 1.33. The lowest BCUT2D eigenvalue weighted by molar-refractivity contribution is 0.621. The highest BCUT2D eigenvalue weighted by Gasteiger charge is 2.25. The Balaban J connectivity index is 1.54. The van der Waals surface area contributed by atoms with Gasteiger partial charge < -0.3 is 5.32 Å². The van der Waals surface area contributed by atoms with E-state index in [0.717, 1.165) is 18.4 Å². The number of hydrogen-bond donors (Lipinski definition) is 1. The largest absolute Gasteiger partial charge is 0.366 e. The highest BCUT2D eigenvalue weighted by molar-refractivity contribution is 7.80. The molecule has 140 valence electrons. The van der Waals surface area contributed by atoms with Crippen LogP contribution in [0.3, 0.4) is 0 Å². The molecule has 0 unspecified atom stereocenters. The molecule has 1 aliphatic carbocycles. The molecule has 0 aliphatic heterocycles. The lowest BCUT2D eigenvalue weighted by Crippen LogP contribution is -2.28. The summed E-state index contributed by atoms with van der Waals surface area (Å²) < 4.78 is 15.6. The van der Waals surface area contributed by atoms with Crippen molar-refractivity contribution >= 4 is 17.2 Å². The summed E-state index contributed by atoms with van der Waals surface area (Å²) in [4.78, 5) is 9.01. The SMILES string of the molecule is C[C@H](NC(=S)c1cc(F)cc(C2CC2)c1)c1ncnn1-c1ccc(C#N)cn1. The van der Waals surface area contributed by atoms with Crippen molar-refractivity contribution < 1.29 is 4.39 Å². The fourth-order valence-electron chi connectivity index (χ4n) is 3.04. The lowest BCUT2D eigenvalue weighted by Gasteiger charge is -2.17. The highest BCUT2D eigenvalue weighted by Crippen LogP contribution is 2.40. The van der Waals surface area contributed by atoms with E-state index >= 15 is 0 Å². The molecule has 1 saturated carbocycles. The molecule has 0 spiro atoms. The standard InChI is InChI=1S/C20H17FN6S/c1-12(19-24-11-25-27(19)18-5-2-13(9-22)10-23-18)26-20(28)16-6-15(14-3-4-14)7-17(21)8-16/h2,5-8,10-12,14H,3-4H2,1H3,(H,26,28)/t12-/m0/s1. The van der Waals surface area contributed by atoms with E-state index in [2.05, 4.69) is 20.4 Å². The molecule has 1 N–H and O–H groups in total. The smallest absolute Gasteiger partial charge is 0.156 e. The summed E-state index contributed by atoms with van der Waals surface area (Å²) in [5.41, 5.74) is 2.12. The zero-order valence-electron chi connectivity index (χ0n) is 15.1. The van der Waals surface area contributed by atoms with Crippen molar-refractivity contribution in [2.45, 2.75) is 31.7 Å². The molecule has 3 aromatic rings. The van der Waals surface area contributed by atoms with Crippen molar-refractivity contribution in [1.29, 1.82) is 5.26 Å². The Morgan fingerprint density at radius 3 is 2.82 bits per heavy atom. The third-order valence-electron chi connectivity index (χ3n) is 4.63. The number of rotatable bonds is 5. The van der Waals surface area contributed by atoms with Gasteiger partial charge in [-0.05, 0) is 61.6 Å². The first-order valence-electron chi connectivity index (χ1n) is 8.93. The summed E-state index contributed by atoms with van der Waals surface area (Å²) in [7, 11) is 0. The van der Waals surface area contributed by atoms with Crippen molar-refractivity contribution in [3.05, 3.63) is 71.2 Å². The van der Waals surface area contributed by atoms with Gasteiger partial charge in [0.2, 0.25) is 0 Å². The van der Waals surface area contributed by atoms with Gasteiger partial charge in [-0.3, -0.25) is 0 Å². The third-order valence-corrected chi connectivity index (χ3v) is 4.99. The van der Waals surface area contributed by atoms with Gasteiger partial charge >= 0.3 is 0 Å². The predicted molar refractivity (Wildman–Crippen MR) is 105 cm³/mol. The van der Waals surface area contributed by atoms with E-state index in [1.807, 2.05) is 19.1 Å². The zero-order valence-corrected chi connectivity index (χ0v) is 15.9. The Kier molecular flexibility index (Phi) is 4.84. The Hall–Kier alpha value is -3.18. The van der Waals surface area contributed by atoms with Crippen LogP contribution < -0.4 is 5.32 Å². The van der Waals surface area contributed by atoms with E-state index < -0.39 is 0 Å². The number of benzene rings is 1. The number of nitriles is 1. The molecular weight excluding hydrogens is 375 g/mol. The molecule has 2 aromatic heterocycles. The van der Waals surface area contributed by atoms with Crippen molar-refractivity contribution in [3.8, 4) is 11.9 Å². The van der Waals surface area contributed by atoms with Crippen LogP contribution >= 0.6 is 12.2 Å². The van der Waals surface area contributed by atoms with Crippen LogP contribution in [0.1, 0.15) is 54.2 Å². The van der Waals surface area contributed by atoms with E-state index in [1.54, 1.807) is 22.9 Å². The van der Waals surface area contributed by atoms with Crippen LogP contribution in [0.5, 0.6) is 0 Å². The average Bonchev–Trinajstić information content (AvgIpc) is 3.44. The Bertz CT molecular complexity index is 1070. The number of pyridine rings is 1. The number of aromatic nitrogens is 4. The van der Waals surface area contributed by atoms with E-state index in [-0.39, 0.29) is 11.9 Å². The molecule has 6 nitrogen and oxygen atoms in total. The molecule has 1 aliphatic rings. The molecule has 1 atom stereocenters. The van der Waals surface area contributed by atoms with Crippen LogP contribution in [0.2, 0.25) is 0 Å². The van der Waals surface area contributed by atoms with Gasteiger partial charge in [0.1, 0.15) is 23.2 Å². The molecule has 4 rings (SSSR count). The van der Waals surface area contributed by atoms with E-state index in [9.17, 15) is 4.39 Å². The quantitative estimate of drug-likeness (QED) is 0.669. The van der Waals surface area contributed by atoms with Gasteiger partial charge in [0.05, 0.1) is 11.6 Å². The van der Waals surface area contributed by atoms with Crippen molar-refractivity contribution in [3.63, 3.8) is 0 Å². The lowest BCUT2D eigenvalue weighted by atomic mass is 10.1. The van der Waals surface area contributed by atoms with Gasteiger partial charge in [0, 0.05) is 11.8 Å². The Morgan fingerprint density at radius 2 is 2.14 bits per heavy atom. The van der Waals surface area contributed by atoms with Gasteiger partial charge in [-0.2, -0.15) is 15.0 Å². The maximum Gasteiger partial charge on any atom is 0.156 e. The molecule has 28 heavy (non-hydrogen) atoms. The number of nitrogens with one attached hydrogen (secondary N) is 1. The molecule has 1 fully saturated rings. The summed E-state index contributed by atoms with van der Waals surface area (Å²) in [6.07, 6.45) is 5.11. The first-order valence-corrected chi connectivity index (χ1v) is 9.34. The minimum Gasteiger partial charge on any atom is -0.366 e. The number of halogens is 1. The average molecular weight is 392 g/mol. The number of nitrogens with zero attached hydrogens (tertiary/aromatic N) is 5. The predicted octanol–water partition coefficient (Wildman–Crippen LogP) is 3.58. The maximum absolute atomic E-state index is 14.0. The van der Waals surface area contributed by atoms with Gasteiger partial charge in [-0.1, -0.05) is 12.2 Å². The summed E-state index contributed by atoms with van der Waals surface area (Å²) in [6.45, 7) is 1.90. The van der Waals surface area contributed by atoms with Crippen molar-refractivity contribution in [2.24, 2.45) is 0 Å². The summed E-state index contributed by atoms with van der Waals surface area (Å²) in [5, 5.41) is 16.3. The fourth-order valence-corrected chi connectivity index (χ4v) is 3.33. The van der Waals surface area contributed by atoms with Gasteiger partial charge in [0.25, 0.3) is 0 Å². The molecule has 1 aromatic carbocycles. The Labute approximate surface area is 167 Å². The van der Waals surface area contributed by atoms with Gasteiger partial charge in [0.15, 0.2) is 11.6 Å². The van der Waals surface area contributed by atoms with Gasteiger partial charge in [-0.15, -0.1) is 0 Å². The Morgan fingerprint density at radius 1 is 1.32 bits per heavy atom. The molecule has 2 heterocycles. The monoisotopic (exact) mass is 392 g/mol. The fraction of sp³-hybridized carbons (Fsp3) is 0.250. The molecule has 8 heteroatoms. The minimum atomic E-state index is -0.278. The second kappa shape index (κ2) is 7.44. The summed E-state index contributed by atoms with van der Waals surface area (Å²) >= 11 is 5.50. The van der Waals surface area contributed by atoms with E-state index in [4.69, 9.17) is 17.5 Å². The highest BCUT2D eigenvalue weighted by atomic mass is 32.1. The molecule has 0 amide bonds. The summed E-state index contributed by atoms with van der Waals surface area (Å²) in [6, 6.07) is 10.1. The maximum atomic E-state index is 14.0.